The molecule has 1 N–H and O–H groups in total. The summed E-state index contributed by atoms with van der Waals surface area (Å²) in [5.74, 6) is -0.0863. The van der Waals surface area contributed by atoms with Crippen LogP contribution in [0.5, 0.6) is 0 Å². The Morgan fingerprint density at radius 2 is 2.24 bits per heavy atom. The second kappa shape index (κ2) is 7.74. The zero-order chi connectivity index (χ0) is 17.8. The zero-order valence-electron chi connectivity index (χ0n) is 14.9. The van der Waals surface area contributed by atoms with Crippen molar-refractivity contribution >= 4 is 5.97 Å². The van der Waals surface area contributed by atoms with E-state index in [1.165, 1.54) is 5.56 Å². The first-order chi connectivity index (χ1) is 12.0. The molecule has 0 spiro atoms. The van der Waals surface area contributed by atoms with Crippen molar-refractivity contribution < 1.29 is 9.90 Å². The van der Waals surface area contributed by atoms with Crippen molar-refractivity contribution in [3.63, 3.8) is 0 Å². The molecule has 25 heavy (non-hydrogen) atoms. The molecule has 7 nitrogen and oxygen atoms in total. The molecular weight excluding hydrogens is 318 g/mol. The minimum atomic E-state index is -0.798. The Morgan fingerprint density at radius 3 is 2.96 bits per heavy atom. The van der Waals surface area contributed by atoms with E-state index in [4.69, 9.17) is 5.11 Å². The van der Waals surface area contributed by atoms with Gasteiger partial charge in [0.2, 0.25) is 0 Å². The summed E-state index contributed by atoms with van der Waals surface area (Å²) < 4.78 is 1.94. The topological polar surface area (TPSA) is 84.1 Å². The predicted molar refractivity (Wildman–Crippen MR) is 93.0 cm³/mol. The average Bonchev–Trinajstić information content (AvgIpc) is 3.22. The molecule has 7 heteroatoms. The molecule has 1 saturated heterocycles. The maximum absolute atomic E-state index is 10.8. The van der Waals surface area contributed by atoms with Gasteiger partial charge in [-0.3, -0.25) is 14.4 Å². The number of aryl methyl sites for hydroxylation is 3. The maximum Gasteiger partial charge on any atom is 0.303 e. The Labute approximate surface area is 147 Å². The highest BCUT2D eigenvalue weighted by Gasteiger charge is 2.28. The van der Waals surface area contributed by atoms with Gasteiger partial charge in [-0.05, 0) is 39.3 Å². The van der Waals surface area contributed by atoms with Crippen molar-refractivity contribution in [3.05, 3.63) is 41.2 Å². The molecular formula is C18H25N5O2. The van der Waals surface area contributed by atoms with Gasteiger partial charge in [0.25, 0.3) is 0 Å². The van der Waals surface area contributed by atoms with Crippen molar-refractivity contribution in [2.45, 2.75) is 58.7 Å². The van der Waals surface area contributed by atoms with E-state index >= 15 is 0 Å². The normalized spacial score (nSPS) is 17.9. The number of carbonyl (C=O) groups is 1. The van der Waals surface area contributed by atoms with Crippen LogP contribution in [0.3, 0.4) is 0 Å². The summed E-state index contributed by atoms with van der Waals surface area (Å²) in [6, 6.07) is 2.24. The van der Waals surface area contributed by atoms with Crippen LogP contribution in [0.4, 0.5) is 0 Å². The summed E-state index contributed by atoms with van der Waals surface area (Å²) in [6.07, 6.45) is 6.78. The SMILES string of the molecule is CCn1cc(CN2CCC[C@H]2c2cc(CCC(=O)O)nc(C)n2)cn1. The molecule has 1 aliphatic heterocycles. The average molecular weight is 343 g/mol. The molecule has 3 rings (SSSR count). The third-order valence-corrected chi connectivity index (χ3v) is 4.61. The number of hydrogen-bond acceptors (Lipinski definition) is 5. The van der Waals surface area contributed by atoms with Crippen LogP contribution >= 0.6 is 0 Å². The van der Waals surface area contributed by atoms with Gasteiger partial charge in [0, 0.05) is 37.0 Å². The van der Waals surface area contributed by atoms with Gasteiger partial charge >= 0.3 is 5.97 Å². The Kier molecular flexibility index (Phi) is 5.43. The summed E-state index contributed by atoms with van der Waals surface area (Å²) >= 11 is 0. The van der Waals surface area contributed by atoms with Crippen molar-refractivity contribution in [1.82, 2.24) is 24.6 Å². The van der Waals surface area contributed by atoms with Gasteiger partial charge in [0.1, 0.15) is 5.82 Å². The summed E-state index contributed by atoms with van der Waals surface area (Å²) in [6.45, 7) is 6.73. The van der Waals surface area contributed by atoms with Gasteiger partial charge in [0.15, 0.2) is 0 Å². The molecule has 0 aliphatic carbocycles. The third kappa shape index (κ3) is 4.42. The van der Waals surface area contributed by atoms with E-state index in [2.05, 4.69) is 33.1 Å². The van der Waals surface area contributed by atoms with Gasteiger partial charge in [-0.15, -0.1) is 0 Å². The lowest BCUT2D eigenvalue weighted by atomic mass is 10.1. The first kappa shape index (κ1) is 17.5. The molecule has 2 aromatic rings. The second-order valence-electron chi connectivity index (χ2n) is 6.56. The first-order valence-electron chi connectivity index (χ1n) is 8.86. The molecule has 0 aromatic carbocycles. The van der Waals surface area contributed by atoms with Gasteiger partial charge in [0.05, 0.1) is 24.4 Å². The Hall–Kier alpha value is -2.28. The lowest BCUT2D eigenvalue weighted by molar-refractivity contribution is -0.136. The largest absolute Gasteiger partial charge is 0.481 e. The van der Waals surface area contributed by atoms with E-state index < -0.39 is 5.97 Å². The molecule has 0 saturated carbocycles. The standard InChI is InChI=1S/C18H25N5O2/c1-3-23-12-14(10-19-23)11-22-8-4-5-17(22)16-9-15(6-7-18(24)25)20-13(2)21-16/h9-10,12,17H,3-8,11H2,1-2H3,(H,24,25)/t17-/m0/s1. The van der Waals surface area contributed by atoms with Crippen molar-refractivity contribution in [2.75, 3.05) is 6.54 Å². The van der Waals surface area contributed by atoms with Crippen LogP contribution in [0.15, 0.2) is 18.5 Å². The number of aromatic nitrogens is 4. The van der Waals surface area contributed by atoms with Gasteiger partial charge in [-0.1, -0.05) is 0 Å². The highest BCUT2D eigenvalue weighted by atomic mass is 16.4. The molecule has 3 heterocycles. The van der Waals surface area contributed by atoms with E-state index in [0.717, 1.165) is 43.9 Å². The highest BCUT2D eigenvalue weighted by Crippen LogP contribution is 2.32. The number of hydrogen-bond donors (Lipinski definition) is 1. The Bertz CT molecular complexity index is 743. The number of nitrogens with zero attached hydrogens (tertiary/aromatic N) is 5. The van der Waals surface area contributed by atoms with Crippen molar-refractivity contribution in [2.24, 2.45) is 0 Å². The monoisotopic (exact) mass is 343 g/mol. The lowest BCUT2D eigenvalue weighted by Gasteiger charge is -2.24. The molecule has 134 valence electrons. The summed E-state index contributed by atoms with van der Waals surface area (Å²) in [4.78, 5) is 22.3. The van der Waals surface area contributed by atoms with Crippen LogP contribution in [0.1, 0.15) is 55.0 Å². The molecule has 0 bridgehead atoms. The third-order valence-electron chi connectivity index (χ3n) is 4.61. The van der Waals surface area contributed by atoms with Gasteiger partial charge in [-0.25, -0.2) is 9.97 Å². The van der Waals surface area contributed by atoms with Crippen LogP contribution in [0.25, 0.3) is 0 Å². The van der Waals surface area contributed by atoms with Gasteiger partial charge < -0.3 is 5.11 Å². The van der Waals surface area contributed by atoms with Crippen molar-refractivity contribution in [1.29, 1.82) is 0 Å². The van der Waals surface area contributed by atoms with E-state index in [1.807, 2.05) is 23.9 Å². The summed E-state index contributed by atoms with van der Waals surface area (Å²) in [5.41, 5.74) is 3.04. The summed E-state index contributed by atoms with van der Waals surface area (Å²) in [5, 5.41) is 13.2. The molecule has 0 radical (unpaired) electrons. The van der Waals surface area contributed by atoms with Crippen LogP contribution < -0.4 is 0 Å². The van der Waals surface area contributed by atoms with Crippen LogP contribution in [-0.4, -0.2) is 42.3 Å². The van der Waals surface area contributed by atoms with Crippen molar-refractivity contribution in [3.8, 4) is 0 Å². The quantitative estimate of drug-likeness (QED) is 0.831. The van der Waals surface area contributed by atoms with Crippen LogP contribution in [-0.2, 0) is 24.3 Å². The fraction of sp³-hybridized carbons (Fsp3) is 0.556. The second-order valence-corrected chi connectivity index (χ2v) is 6.56. The molecule has 1 aliphatic rings. The highest BCUT2D eigenvalue weighted by molar-refractivity contribution is 5.66. The number of carboxylic acids is 1. The number of likely N-dealkylation sites (tertiary alicyclic amines) is 1. The van der Waals surface area contributed by atoms with E-state index in [1.54, 1.807) is 0 Å². The number of rotatable bonds is 7. The van der Waals surface area contributed by atoms with Crippen LogP contribution in [0, 0.1) is 6.92 Å². The zero-order valence-corrected chi connectivity index (χ0v) is 14.9. The first-order valence-corrected chi connectivity index (χ1v) is 8.86. The molecule has 1 fully saturated rings. The van der Waals surface area contributed by atoms with E-state index in [9.17, 15) is 4.79 Å². The minimum Gasteiger partial charge on any atom is -0.481 e. The van der Waals surface area contributed by atoms with Gasteiger partial charge in [-0.2, -0.15) is 5.10 Å². The minimum absolute atomic E-state index is 0.0977. The van der Waals surface area contributed by atoms with E-state index in [0.29, 0.717) is 12.2 Å². The maximum atomic E-state index is 10.8. The Balaban J connectivity index is 1.75. The molecule has 1 atom stereocenters. The lowest BCUT2D eigenvalue weighted by Crippen LogP contribution is -2.24. The number of carboxylic acid groups (broad SMARTS) is 1. The molecule has 2 aromatic heterocycles. The smallest absolute Gasteiger partial charge is 0.303 e. The van der Waals surface area contributed by atoms with E-state index in [-0.39, 0.29) is 12.5 Å². The Morgan fingerprint density at radius 1 is 1.40 bits per heavy atom. The molecule has 0 amide bonds. The summed E-state index contributed by atoms with van der Waals surface area (Å²) in [7, 11) is 0. The van der Waals surface area contributed by atoms with Crippen LogP contribution in [0.2, 0.25) is 0 Å². The number of aliphatic carboxylic acids is 1. The predicted octanol–water partition coefficient (Wildman–Crippen LogP) is 2.36. The fourth-order valence-corrected chi connectivity index (χ4v) is 3.43. The fourth-order valence-electron chi connectivity index (χ4n) is 3.43. The molecule has 0 unspecified atom stereocenters.